The predicted molar refractivity (Wildman–Crippen MR) is 64.6 cm³/mol. The van der Waals surface area contributed by atoms with Crippen LogP contribution in [0, 0.1) is 0 Å². The number of carbonyl (C=O) groups is 1. The average molecular weight is 217 g/mol. The number of aliphatic carboxylic acids is 1. The van der Waals surface area contributed by atoms with Gasteiger partial charge in [0.05, 0.1) is 0 Å². The maximum Gasteiger partial charge on any atom is 0.328 e. The standard InChI is InChI=1S/C13H15NO2/c15-13(16)7-6-11-4-3-5-12(10-11)14-8-1-2-9-14/h3-7,10H,1-2,8-9H2,(H,15,16)/b7-6+. The van der Waals surface area contributed by atoms with Gasteiger partial charge in [0.1, 0.15) is 0 Å². The summed E-state index contributed by atoms with van der Waals surface area (Å²) in [6, 6.07) is 7.99. The Kier molecular flexibility index (Phi) is 3.25. The van der Waals surface area contributed by atoms with Gasteiger partial charge in [-0.2, -0.15) is 0 Å². The highest BCUT2D eigenvalue weighted by atomic mass is 16.4. The molecule has 0 saturated carbocycles. The predicted octanol–water partition coefficient (Wildman–Crippen LogP) is 2.38. The zero-order valence-electron chi connectivity index (χ0n) is 9.10. The van der Waals surface area contributed by atoms with Crippen LogP contribution in [0.2, 0.25) is 0 Å². The van der Waals surface area contributed by atoms with Gasteiger partial charge in [0.25, 0.3) is 0 Å². The molecule has 1 heterocycles. The van der Waals surface area contributed by atoms with Crippen molar-refractivity contribution < 1.29 is 9.90 Å². The number of carboxylic acid groups (broad SMARTS) is 1. The van der Waals surface area contributed by atoms with Crippen molar-refractivity contribution in [2.75, 3.05) is 18.0 Å². The molecule has 0 bridgehead atoms. The van der Waals surface area contributed by atoms with Crippen LogP contribution in [0.25, 0.3) is 6.08 Å². The maximum atomic E-state index is 10.4. The third kappa shape index (κ3) is 2.63. The van der Waals surface area contributed by atoms with Crippen molar-refractivity contribution >= 4 is 17.7 Å². The number of benzene rings is 1. The highest BCUT2D eigenvalue weighted by molar-refractivity contribution is 5.85. The van der Waals surface area contributed by atoms with Gasteiger partial charge >= 0.3 is 5.97 Å². The molecule has 0 spiro atoms. The zero-order chi connectivity index (χ0) is 11.4. The molecule has 1 N–H and O–H groups in total. The van der Waals surface area contributed by atoms with E-state index in [9.17, 15) is 4.79 Å². The molecule has 1 aromatic carbocycles. The van der Waals surface area contributed by atoms with Crippen molar-refractivity contribution in [3.8, 4) is 0 Å². The molecule has 1 fully saturated rings. The Bertz CT molecular complexity index is 406. The van der Waals surface area contributed by atoms with Crippen LogP contribution in [0.15, 0.2) is 30.3 Å². The Morgan fingerprint density at radius 3 is 2.75 bits per heavy atom. The lowest BCUT2D eigenvalue weighted by Gasteiger charge is -2.17. The molecular weight excluding hydrogens is 202 g/mol. The molecule has 16 heavy (non-hydrogen) atoms. The van der Waals surface area contributed by atoms with E-state index >= 15 is 0 Å². The smallest absolute Gasteiger partial charge is 0.328 e. The first-order valence-electron chi connectivity index (χ1n) is 5.52. The van der Waals surface area contributed by atoms with Gasteiger partial charge in [0.2, 0.25) is 0 Å². The molecule has 1 aromatic rings. The third-order valence-electron chi connectivity index (χ3n) is 2.76. The van der Waals surface area contributed by atoms with Crippen molar-refractivity contribution in [2.45, 2.75) is 12.8 Å². The van der Waals surface area contributed by atoms with E-state index in [-0.39, 0.29) is 0 Å². The molecule has 0 atom stereocenters. The minimum atomic E-state index is -0.911. The number of anilines is 1. The largest absolute Gasteiger partial charge is 0.478 e. The lowest BCUT2D eigenvalue weighted by Crippen LogP contribution is -2.17. The van der Waals surface area contributed by atoms with Gasteiger partial charge in [-0.05, 0) is 36.6 Å². The SMILES string of the molecule is O=C(O)/C=C/c1cccc(N2CCCC2)c1. The normalized spacial score (nSPS) is 15.9. The topological polar surface area (TPSA) is 40.5 Å². The van der Waals surface area contributed by atoms with E-state index in [1.807, 2.05) is 18.2 Å². The van der Waals surface area contributed by atoms with Crippen LogP contribution in [-0.2, 0) is 4.79 Å². The van der Waals surface area contributed by atoms with Crippen molar-refractivity contribution in [2.24, 2.45) is 0 Å². The van der Waals surface area contributed by atoms with Gasteiger partial charge in [-0.1, -0.05) is 12.1 Å². The van der Waals surface area contributed by atoms with Gasteiger partial charge in [-0.3, -0.25) is 0 Å². The summed E-state index contributed by atoms with van der Waals surface area (Å²) in [5.41, 5.74) is 2.12. The first-order chi connectivity index (χ1) is 7.75. The average Bonchev–Trinajstić information content (AvgIpc) is 2.80. The summed E-state index contributed by atoms with van der Waals surface area (Å²) in [5, 5.41) is 8.56. The van der Waals surface area contributed by atoms with Crippen molar-refractivity contribution in [3.63, 3.8) is 0 Å². The van der Waals surface area contributed by atoms with Gasteiger partial charge < -0.3 is 10.0 Å². The molecule has 0 unspecified atom stereocenters. The minimum absolute atomic E-state index is 0.911. The van der Waals surface area contributed by atoms with Gasteiger partial charge in [0, 0.05) is 24.9 Å². The summed E-state index contributed by atoms with van der Waals surface area (Å²) in [6.07, 6.45) is 5.29. The first-order valence-corrected chi connectivity index (χ1v) is 5.52. The molecule has 3 nitrogen and oxygen atoms in total. The fourth-order valence-corrected chi connectivity index (χ4v) is 1.97. The number of rotatable bonds is 3. The van der Waals surface area contributed by atoms with Crippen LogP contribution in [-0.4, -0.2) is 24.2 Å². The summed E-state index contributed by atoms with van der Waals surface area (Å²) >= 11 is 0. The quantitative estimate of drug-likeness (QED) is 0.790. The van der Waals surface area contributed by atoms with Crippen LogP contribution < -0.4 is 4.90 Å². The minimum Gasteiger partial charge on any atom is -0.478 e. The van der Waals surface area contributed by atoms with Crippen molar-refractivity contribution in [1.82, 2.24) is 0 Å². The molecule has 1 saturated heterocycles. The van der Waals surface area contributed by atoms with E-state index in [0.717, 1.165) is 18.7 Å². The molecule has 0 amide bonds. The molecule has 0 aromatic heterocycles. The molecule has 1 aliphatic heterocycles. The van der Waals surface area contributed by atoms with Crippen LogP contribution in [0.1, 0.15) is 18.4 Å². The van der Waals surface area contributed by atoms with Gasteiger partial charge in [-0.15, -0.1) is 0 Å². The van der Waals surface area contributed by atoms with E-state index in [2.05, 4.69) is 11.0 Å². The van der Waals surface area contributed by atoms with E-state index in [0.29, 0.717) is 0 Å². The highest BCUT2D eigenvalue weighted by Gasteiger charge is 2.11. The van der Waals surface area contributed by atoms with Crippen LogP contribution in [0.4, 0.5) is 5.69 Å². The van der Waals surface area contributed by atoms with Crippen molar-refractivity contribution in [3.05, 3.63) is 35.9 Å². The Morgan fingerprint density at radius 1 is 1.31 bits per heavy atom. The number of carboxylic acids is 1. The number of hydrogen-bond donors (Lipinski definition) is 1. The Labute approximate surface area is 95.0 Å². The second-order valence-electron chi connectivity index (χ2n) is 3.96. The first kappa shape index (κ1) is 10.7. The molecule has 84 valence electrons. The fourth-order valence-electron chi connectivity index (χ4n) is 1.97. The molecule has 1 aliphatic rings. The Hall–Kier alpha value is -1.77. The van der Waals surface area contributed by atoms with E-state index < -0.39 is 5.97 Å². The molecule has 3 heteroatoms. The number of hydrogen-bond acceptors (Lipinski definition) is 2. The van der Waals surface area contributed by atoms with Gasteiger partial charge in [-0.25, -0.2) is 4.79 Å². The Balaban J connectivity index is 2.15. The fraction of sp³-hybridized carbons (Fsp3) is 0.308. The van der Waals surface area contributed by atoms with Crippen molar-refractivity contribution in [1.29, 1.82) is 0 Å². The van der Waals surface area contributed by atoms with Crippen LogP contribution in [0.5, 0.6) is 0 Å². The Morgan fingerprint density at radius 2 is 2.06 bits per heavy atom. The van der Waals surface area contributed by atoms with Gasteiger partial charge in [0.15, 0.2) is 0 Å². The lowest BCUT2D eigenvalue weighted by molar-refractivity contribution is -0.131. The van der Waals surface area contributed by atoms with Crippen LogP contribution >= 0.6 is 0 Å². The monoisotopic (exact) mass is 217 g/mol. The summed E-state index contributed by atoms with van der Waals surface area (Å²) in [4.78, 5) is 12.7. The number of nitrogens with zero attached hydrogens (tertiary/aromatic N) is 1. The summed E-state index contributed by atoms with van der Waals surface area (Å²) in [7, 11) is 0. The second kappa shape index (κ2) is 4.84. The third-order valence-corrected chi connectivity index (χ3v) is 2.76. The second-order valence-corrected chi connectivity index (χ2v) is 3.96. The summed E-state index contributed by atoms with van der Waals surface area (Å²) in [5.74, 6) is -0.911. The molecule has 0 radical (unpaired) electrons. The zero-order valence-corrected chi connectivity index (χ0v) is 9.10. The summed E-state index contributed by atoms with van der Waals surface area (Å²) in [6.45, 7) is 2.21. The summed E-state index contributed by atoms with van der Waals surface area (Å²) < 4.78 is 0. The van der Waals surface area contributed by atoms with Crippen LogP contribution in [0.3, 0.4) is 0 Å². The maximum absolute atomic E-state index is 10.4. The molecule has 0 aliphatic carbocycles. The molecular formula is C13H15NO2. The van der Waals surface area contributed by atoms with E-state index in [4.69, 9.17) is 5.11 Å². The molecule has 2 rings (SSSR count). The van der Waals surface area contributed by atoms with E-state index in [1.165, 1.54) is 24.6 Å². The van der Waals surface area contributed by atoms with E-state index in [1.54, 1.807) is 6.08 Å². The lowest BCUT2D eigenvalue weighted by atomic mass is 10.2. The highest BCUT2D eigenvalue weighted by Crippen LogP contribution is 2.21.